The van der Waals surface area contributed by atoms with Gasteiger partial charge in [0.1, 0.15) is 0 Å². The summed E-state index contributed by atoms with van der Waals surface area (Å²) >= 11 is 0. The molecule has 9 heteroatoms. The lowest BCUT2D eigenvalue weighted by Gasteiger charge is -2.20. The topological polar surface area (TPSA) is 82.6 Å². The Morgan fingerprint density at radius 1 is 0.451 bits per heavy atom. The smallest absolute Gasteiger partial charge is 0.208 e. The highest BCUT2D eigenvalue weighted by atomic mass is 32.2. The average molecular weight is 1070 g/mol. The second-order valence-corrected chi connectivity index (χ2v) is 23.6. The fourth-order valence-electron chi connectivity index (χ4n) is 14.2. The van der Waals surface area contributed by atoms with Crippen LogP contribution in [0.15, 0.2) is 252 Å². The lowest BCUT2D eigenvalue weighted by molar-refractivity contribution is 0.595. The van der Waals surface area contributed by atoms with Crippen LogP contribution in [0, 0.1) is 11.3 Å². The summed E-state index contributed by atoms with van der Waals surface area (Å²) in [7, 11) is -4.24. The summed E-state index contributed by atoms with van der Waals surface area (Å²) in [4.78, 5) is 0.266. The number of nitrogens with zero attached hydrogens (tertiary/aromatic N) is 6. The molecule has 2 aliphatic rings. The van der Waals surface area contributed by atoms with Crippen LogP contribution in [0.3, 0.4) is 0 Å². The standard InChI is InChI=1S/C73H48N6O2S/c74-45-46-36-39-51(40-37-46)82(80,81)65-43-38-50(44-64(65)79-62-35-19-11-27-54(62)66-63(79)42-41-53-52-26-10-15-31-58(52)75(70(53)66)47-20-4-1-5-21-47)78-61-34-18-14-30-57(61)69-72-67(55-28-12-16-32-59(55)76(72)48-22-6-2-7-23-48)71-68(73(69)78)56-29-13-17-33-60(56)77(71)49-24-8-3-9-25-49/h1-17,19-24,26-33,35-44,49H,18,25,34H2. The van der Waals surface area contributed by atoms with Gasteiger partial charge in [-0.05, 0) is 116 Å². The number of hydrogen-bond acceptors (Lipinski definition) is 3. The Labute approximate surface area is 471 Å². The Balaban J connectivity index is 1.06. The maximum Gasteiger partial charge on any atom is 0.208 e. The largest absolute Gasteiger partial charge is 0.332 e. The third-order valence-electron chi connectivity index (χ3n) is 17.5. The van der Waals surface area contributed by atoms with E-state index in [1.165, 1.54) is 22.0 Å². The third-order valence-corrected chi connectivity index (χ3v) is 19.3. The molecule has 0 spiro atoms. The fraction of sp³-hybridized carbons (Fsp3) is 0.0548. The second kappa shape index (κ2) is 17.5. The van der Waals surface area contributed by atoms with Gasteiger partial charge in [-0.25, -0.2) is 8.42 Å². The van der Waals surface area contributed by atoms with Crippen LogP contribution in [-0.4, -0.2) is 31.3 Å². The maximum atomic E-state index is 15.8. The van der Waals surface area contributed by atoms with Gasteiger partial charge in [0.25, 0.3) is 0 Å². The normalized spacial score (nSPS) is 14.5. The van der Waals surface area contributed by atoms with E-state index in [9.17, 15) is 5.26 Å². The Hall–Kier alpha value is -10.4. The van der Waals surface area contributed by atoms with Gasteiger partial charge < -0.3 is 22.8 Å². The summed E-state index contributed by atoms with van der Waals surface area (Å²) < 4.78 is 43.7. The van der Waals surface area contributed by atoms with Gasteiger partial charge in [-0.2, -0.15) is 5.26 Å². The molecule has 2 aliphatic carbocycles. The zero-order chi connectivity index (χ0) is 54.4. The van der Waals surface area contributed by atoms with Gasteiger partial charge in [0.05, 0.1) is 77.3 Å². The van der Waals surface area contributed by atoms with Crippen molar-refractivity contribution >= 4 is 114 Å². The van der Waals surface area contributed by atoms with Gasteiger partial charge >= 0.3 is 0 Å². The van der Waals surface area contributed by atoms with E-state index in [0.717, 1.165) is 124 Å². The highest BCUT2D eigenvalue weighted by molar-refractivity contribution is 7.91. The van der Waals surface area contributed by atoms with E-state index in [-0.39, 0.29) is 15.8 Å². The number of rotatable bonds is 7. The van der Waals surface area contributed by atoms with Crippen molar-refractivity contribution in [3.8, 4) is 28.8 Å². The molecular weight excluding hydrogens is 1020 g/mol. The highest BCUT2D eigenvalue weighted by Gasteiger charge is 2.33. The first-order valence-electron chi connectivity index (χ1n) is 28.0. The molecule has 17 rings (SSSR count). The summed E-state index contributed by atoms with van der Waals surface area (Å²) in [6, 6.07) is 74.8. The van der Waals surface area contributed by atoms with Crippen molar-refractivity contribution in [1.29, 1.82) is 5.26 Å². The molecule has 0 amide bonds. The summed E-state index contributed by atoms with van der Waals surface area (Å²) in [6.07, 6.45) is 16.0. The molecule has 0 radical (unpaired) electrons. The van der Waals surface area contributed by atoms with Crippen molar-refractivity contribution in [1.82, 2.24) is 22.8 Å². The molecular formula is C73H48N6O2S. The van der Waals surface area contributed by atoms with Crippen molar-refractivity contribution in [2.24, 2.45) is 0 Å². The summed E-state index contributed by atoms with van der Waals surface area (Å²) in [5.74, 6) is 0. The minimum absolute atomic E-state index is 0.0468. The van der Waals surface area contributed by atoms with E-state index >= 15 is 8.42 Å². The SMILES string of the molecule is N#Cc1ccc(S(=O)(=O)c2ccc(-n3c4c(c5c3c3c6ccccc6n(C6C=CC=CC6)c3c3c6ccccc6n(-c6ccccc6)c53)C=CCC4)cc2-n2c3ccccc3c3c2ccc2c4ccccc4n(-c4ccccc4)c23)cc1. The first-order chi connectivity index (χ1) is 40.5. The average Bonchev–Trinajstić information content (AvgIpc) is 2.64. The van der Waals surface area contributed by atoms with Crippen LogP contribution >= 0.6 is 0 Å². The highest BCUT2D eigenvalue weighted by Crippen LogP contribution is 2.52. The van der Waals surface area contributed by atoms with Crippen molar-refractivity contribution in [3.63, 3.8) is 0 Å². The molecule has 8 nitrogen and oxygen atoms in total. The molecule has 1 atom stereocenters. The Bertz CT molecular complexity index is 5510. The van der Waals surface area contributed by atoms with E-state index in [2.05, 4.69) is 229 Å². The van der Waals surface area contributed by atoms with Crippen molar-refractivity contribution < 1.29 is 8.42 Å². The van der Waals surface area contributed by atoms with E-state index < -0.39 is 9.84 Å². The molecule has 5 aromatic heterocycles. The molecule has 0 saturated heterocycles. The quantitative estimate of drug-likeness (QED) is 0.159. The van der Waals surface area contributed by atoms with Crippen LogP contribution in [0.2, 0.25) is 0 Å². The fourth-order valence-corrected chi connectivity index (χ4v) is 15.6. The Morgan fingerprint density at radius 3 is 1.71 bits per heavy atom. The third kappa shape index (κ3) is 6.38. The molecule has 0 bridgehead atoms. The van der Waals surface area contributed by atoms with Crippen LogP contribution in [-0.2, 0) is 16.3 Å². The molecule has 0 fully saturated rings. The molecule has 15 aromatic rings. The number of hydrogen-bond donors (Lipinski definition) is 0. The molecule has 10 aromatic carbocycles. The molecule has 1 unspecified atom stereocenters. The lowest BCUT2D eigenvalue weighted by atomic mass is 9.98. The van der Waals surface area contributed by atoms with E-state index in [4.69, 9.17) is 0 Å². The predicted octanol–water partition coefficient (Wildman–Crippen LogP) is 17.8. The molecule has 0 aliphatic heterocycles. The first-order valence-corrected chi connectivity index (χ1v) is 29.5. The minimum Gasteiger partial charge on any atom is -0.332 e. The Morgan fingerprint density at radius 2 is 1.04 bits per heavy atom. The van der Waals surface area contributed by atoms with Crippen molar-refractivity contribution in [2.45, 2.75) is 35.1 Å². The number of fused-ring (bicyclic) bond motifs is 19. The summed E-state index contributed by atoms with van der Waals surface area (Å²) in [6.45, 7) is 0. The maximum absolute atomic E-state index is 15.8. The molecule has 82 heavy (non-hydrogen) atoms. The summed E-state index contributed by atoms with van der Waals surface area (Å²) in [5, 5.41) is 20.0. The van der Waals surface area contributed by atoms with Crippen LogP contribution in [0.5, 0.6) is 0 Å². The summed E-state index contributed by atoms with van der Waals surface area (Å²) in [5.41, 5.74) is 15.7. The predicted molar refractivity (Wildman–Crippen MR) is 335 cm³/mol. The van der Waals surface area contributed by atoms with Gasteiger partial charge in [0.15, 0.2) is 0 Å². The van der Waals surface area contributed by atoms with Gasteiger partial charge in [0, 0.05) is 82.3 Å². The van der Waals surface area contributed by atoms with Gasteiger partial charge in [-0.1, -0.05) is 152 Å². The molecule has 0 saturated carbocycles. The van der Waals surface area contributed by atoms with Crippen molar-refractivity contribution in [2.75, 3.05) is 0 Å². The number of aromatic nitrogens is 5. The van der Waals surface area contributed by atoms with Crippen LogP contribution < -0.4 is 0 Å². The number of benzene rings is 10. The van der Waals surface area contributed by atoms with Crippen LogP contribution in [0.1, 0.15) is 35.7 Å². The van der Waals surface area contributed by atoms with Gasteiger partial charge in [-0.15, -0.1) is 0 Å². The second-order valence-electron chi connectivity index (χ2n) is 21.7. The van der Waals surface area contributed by atoms with Gasteiger partial charge in [0.2, 0.25) is 9.84 Å². The van der Waals surface area contributed by atoms with E-state index in [0.29, 0.717) is 11.3 Å². The number of sulfone groups is 1. The monoisotopic (exact) mass is 1070 g/mol. The molecule has 0 N–H and O–H groups in total. The van der Waals surface area contributed by atoms with Crippen LogP contribution in [0.25, 0.3) is 127 Å². The van der Waals surface area contributed by atoms with E-state index in [1.807, 2.05) is 24.3 Å². The zero-order valence-electron chi connectivity index (χ0n) is 44.3. The Kier molecular flexibility index (Phi) is 9.95. The van der Waals surface area contributed by atoms with Crippen molar-refractivity contribution in [3.05, 3.63) is 260 Å². The molecule has 388 valence electrons. The molecule has 5 heterocycles. The minimum atomic E-state index is -4.24. The van der Waals surface area contributed by atoms with E-state index in [1.54, 1.807) is 24.3 Å². The van der Waals surface area contributed by atoms with Gasteiger partial charge in [-0.3, -0.25) is 0 Å². The number of allylic oxidation sites excluding steroid dienone is 5. The number of nitriles is 1. The lowest BCUT2D eigenvalue weighted by Crippen LogP contribution is -2.10. The first kappa shape index (κ1) is 46.5. The number of para-hydroxylation sites is 6. The van der Waals surface area contributed by atoms with Crippen LogP contribution in [0.4, 0.5) is 0 Å². The zero-order valence-corrected chi connectivity index (χ0v) is 45.1.